The Balaban J connectivity index is 1.51. The standard InChI is InChI=1S/C23H25F2N5O4/c1-3-5-18(30-10-8-29(9-11-30)17-7-6-15(24)13-16(17)25)28-34-23-26-21(32)20-14(4-2)12-19(31)33-22(20)27-23/h6-7,12-13H,3-5,8-11H2,1-2H3,(H,26,27,32)/b28-18+. The van der Waals surface area contributed by atoms with E-state index < -0.39 is 22.8 Å². The lowest BCUT2D eigenvalue weighted by molar-refractivity contribution is 0.288. The highest BCUT2D eigenvalue weighted by molar-refractivity contribution is 5.82. The van der Waals surface area contributed by atoms with Crippen molar-refractivity contribution in [1.29, 1.82) is 0 Å². The van der Waals surface area contributed by atoms with Gasteiger partial charge in [-0.25, -0.2) is 13.6 Å². The minimum Gasteiger partial charge on any atom is -0.403 e. The fourth-order valence-corrected chi connectivity index (χ4v) is 3.98. The van der Waals surface area contributed by atoms with Gasteiger partial charge in [-0.15, -0.1) is 0 Å². The summed E-state index contributed by atoms with van der Waals surface area (Å²) in [5.41, 5.74) is -0.290. The number of H-pyrrole nitrogens is 1. The van der Waals surface area contributed by atoms with Crippen molar-refractivity contribution in [3.05, 3.63) is 62.2 Å². The fraction of sp³-hybridized carbons (Fsp3) is 0.391. The van der Waals surface area contributed by atoms with Crippen LogP contribution < -0.4 is 20.9 Å². The molecule has 0 spiro atoms. The van der Waals surface area contributed by atoms with Crippen molar-refractivity contribution in [2.24, 2.45) is 5.16 Å². The van der Waals surface area contributed by atoms with E-state index in [0.717, 1.165) is 12.5 Å². The lowest BCUT2D eigenvalue weighted by atomic mass is 10.1. The molecule has 3 aromatic rings. The van der Waals surface area contributed by atoms with E-state index in [0.29, 0.717) is 56.1 Å². The highest BCUT2D eigenvalue weighted by atomic mass is 19.1. The Bertz CT molecular complexity index is 1330. The van der Waals surface area contributed by atoms with Crippen LogP contribution in [0.4, 0.5) is 14.5 Å². The largest absolute Gasteiger partial charge is 0.403 e. The minimum atomic E-state index is -0.611. The Morgan fingerprint density at radius 2 is 1.94 bits per heavy atom. The maximum atomic E-state index is 14.1. The normalized spacial score (nSPS) is 14.6. The molecule has 11 heteroatoms. The molecule has 9 nitrogen and oxygen atoms in total. The zero-order valence-electron chi connectivity index (χ0n) is 18.9. The Morgan fingerprint density at radius 3 is 2.62 bits per heavy atom. The van der Waals surface area contributed by atoms with Crippen molar-refractivity contribution in [3.8, 4) is 6.01 Å². The zero-order chi connectivity index (χ0) is 24.2. The molecule has 0 amide bonds. The number of benzene rings is 1. The van der Waals surface area contributed by atoms with Crippen molar-refractivity contribution in [1.82, 2.24) is 14.9 Å². The van der Waals surface area contributed by atoms with Crippen LogP contribution in [0.25, 0.3) is 11.1 Å². The molecule has 4 rings (SSSR count). The average Bonchev–Trinajstić information content (AvgIpc) is 2.81. The van der Waals surface area contributed by atoms with Gasteiger partial charge in [0.15, 0.2) is 0 Å². The van der Waals surface area contributed by atoms with E-state index in [4.69, 9.17) is 9.25 Å². The molecule has 1 aliphatic rings. The lowest BCUT2D eigenvalue weighted by Crippen LogP contribution is -2.49. The van der Waals surface area contributed by atoms with Crippen LogP contribution in [0.15, 0.2) is 43.4 Å². The fourth-order valence-electron chi connectivity index (χ4n) is 3.98. The van der Waals surface area contributed by atoms with Gasteiger partial charge in [0.1, 0.15) is 22.9 Å². The number of aromatic nitrogens is 2. The second kappa shape index (κ2) is 10.0. The number of oxime groups is 1. The molecule has 0 unspecified atom stereocenters. The molecule has 0 saturated carbocycles. The minimum absolute atomic E-state index is 0.106. The Kier molecular flexibility index (Phi) is 6.90. The van der Waals surface area contributed by atoms with Gasteiger partial charge < -0.3 is 19.1 Å². The summed E-state index contributed by atoms with van der Waals surface area (Å²) in [4.78, 5) is 40.2. The molecule has 0 atom stereocenters. The molecule has 3 heterocycles. The first-order valence-electron chi connectivity index (χ1n) is 11.2. The summed E-state index contributed by atoms with van der Waals surface area (Å²) in [6, 6.07) is 4.64. The van der Waals surface area contributed by atoms with Gasteiger partial charge in [0.05, 0.1) is 5.69 Å². The molecule has 0 aliphatic carbocycles. The summed E-state index contributed by atoms with van der Waals surface area (Å²) in [7, 11) is 0. The van der Waals surface area contributed by atoms with E-state index in [2.05, 4.69) is 15.1 Å². The lowest BCUT2D eigenvalue weighted by Gasteiger charge is -2.37. The second-order valence-electron chi connectivity index (χ2n) is 7.91. The van der Waals surface area contributed by atoms with Crippen molar-refractivity contribution in [2.75, 3.05) is 31.1 Å². The number of hydrogen-bond acceptors (Lipinski definition) is 7. The zero-order valence-corrected chi connectivity index (χ0v) is 18.9. The number of nitrogens with one attached hydrogen (secondary N) is 1. The average molecular weight is 473 g/mol. The van der Waals surface area contributed by atoms with Crippen molar-refractivity contribution < 1.29 is 18.0 Å². The summed E-state index contributed by atoms with van der Waals surface area (Å²) >= 11 is 0. The van der Waals surface area contributed by atoms with E-state index in [1.165, 1.54) is 18.2 Å². The summed E-state index contributed by atoms with van der Waals surface area (Å²) < 4.78 is 32.4. The third kappa shape index (κ3) is 4.92. The predicted octanol–water partition coefficient (Wildman–Crippen LogP) is 3.03. The summed E-state index contributed by atoms with van der Waals surface area (Å²) in [5, 5.41) is 4.40. The summed E-state index contributed by atoms with van der Waals surface area (Å²) in [5.74, 6) is -0.559. The van der Waals surface area contributed by atoms with Crippen LogP contribution in [0.2, 0.25) is 0 Å². The number of piperazine rings is 1. The van der Waals surface area contributed by atoms with Gasteiger partial charge in [-0.3, -0.25) is 9.78 Å². The van der Waals surface area contributed by atoms with Crippen molar-refractivity contribution >= 4 is 22.6 Å². The number of halogens is 2. The number of aromatic amines is 1. The molecule has 1 aromatic carbocycles. The molecule has 2 aromatic heterocycles. The third-order valence-electron chi connectivity index (χ3n) is 5.66. The maximum absolute atomic E-state index is 14.1. The maximum Gasteiger partial charge on any atom is 0.337 e. The molecule has 180 valence electrons. The van der Waals surface area contributed by atoms with Gasteiger partial charge in [-0.05, 0) is 30.5 Å². The van der Waals surface area contributed by atoms with Gasteiger partial charge in [-0.1, -0.05) is 19.0 Å². The molecular weight excluding hydrogens is 448 g/mol. The van der Waals surface area contributed by atoms with E-state index in [1.807, 2.05) is 23.6 Å². The van der Waals surface area contributed by atoms with Gasteiger partial charge >= 0.3 is 11.6 Å². The van der Waals surface area contributed by atoms with Crippen LogP contribution in [-0.2, 0) is 6.42 Å². The van der Waals surface area contributed by atoms with Crippen molar-refractivity contribution in [3.63, 3.8) is 0 Å². The Hall–Kier alpha value is -3.76. The third-order valence-corrected chi connectivity index (χ3v) is 5.66. The van der Waals surface area contributed by atoms with Gasteiger partial charge in [-0.2, -0.15) is 4.98 Å². The molecule has 1 aliphatic heterocycles. The predicted molar refractivity (Wildman–Crippen MR) is 123 cm³/mol. The number of amidine groups is 1. The number of nitrogens with zero attached hydrogens (tertiary/aromatic N) is 4. The summed E-state index contributed by atoms with van der Waals surface area (Å²) in [6.45, 7) is 5.95. The first kappa shape index (κ1) is 23.4. The molecule has 1 saturated heterocycles. The quantitative estimate of drug-likeness (QED) is 0.333. The smallest absolute Gasteiger partial charge is 0.337 e. The molecule has 0 radical (unpaired) electrons. The summed E-state index contributed by atoms with van der Waals surface area (Å²) in [6.07, 6.45) is 1.88. The number of aryl methyl sites for hydroxylation is 1. The highest BCUT2D eigenvalue weighted by Gasteiger charge is 2.22. The van der Waals surface area contributed by atoms with Crippen molar-refractivity contribution in [2.45, 2.75) is 33.1 Å². The van der Waals surface area contributed by atoms with Gasteiger partial charge in [0.2, 0.25) is 5.71 Å². The van der Waals surface area contributed by atoms with E-state index in [9.17, 15) is 18.4 Å². The first-order chi connectivity index (χ1) is 16.4. The first-order valence-corrected chi connectivity index (χ1v) is 11.2. The van der Waals surface area contributed by atoms with Gasteiger partial charge in [0.25, 0.3) is 5.56 Å². The molecule has 1 N–H and O–H groups in total. The van der Waals surface area contributed by atoms with Crippen LogP contribution in [-0.4, -0.2) is 46.9 Å². The number of rotatable bonds is 6. The number of anilines is 1. The van der Waals surface area contributed by atoms with E-state index >= 15 is 0 Å². The Labute approximate surface area is 193 Å². The number of hydrogen-bond donors (Lipinski definition) is 1. The van der Waals surface area contributed by atoms with Gasteiger partial charge in [0, 0.05) is 44.7 Å². The van der Waals surface area contributed by atoms with Crippen LogP contribution in [0, 0.1) is 11.6 Å². The molecular formula is C23H25F2N5O4. The van der Waals surface area contributed by atoms with Crippen LogP contribution >= 0.6 is 0 Å². The molecule has 1 fully saturated rings. The van der Waals surface area contributed by atoms with Crippen LogP contribution in [0.1, 0.15) is 32.3 Å². The van der Waals surface area contributed by atoms with E-state index in [1.54, 1.807) is 0 Å². The monoisotopic (exact) mass is 473 g/mol. The van der Waals surface area contributed by atoms with Crippen LogP contribution in [0.3, 0.4) is 0 Å². The second-order valence-corrected chi connectivity index (χ2v) is 7.91. The SMILES string of the molecule is CCC/C(=N\Oc1nc2oc(=O)cc(CC)c2c(=O)[nH]1)N1CCN(c2ccc(F)cc2F)CC1. The molecule has 0 bridgehead atoms. The van der Waals surface area contributed by atoms with Crippen LogP contribution in [0.5, 0.6) is 6.01 Å². The van der Waals surface area contributed by atoms with E-state index in [-0.39, 0.29) is 17.1 Å². The topological polar surface area (TPSA) is 104 Å². The highest BCUT2D eigenvalue weighted by Crippen LogP contribution is 2.22. The number of fused-ring (bicyclic) bond motifs is 1. The Morgan fingerprint density at radius 1 is 1.18 bits per heavy atom. The molecule has 34 heavy (non-hydrogen) atoms.